The van der Waals surface area contributed by atoms with Gasteiger partial charge in [0.2, 0.25) is 0 Å². The highest BCUT2D eigenvalue weighted by atomic mass is 32.2. The van der Waals surface area contributed by atoms with E-state index in [0.29, 0.717) is 0 Å². The van der Waals surface area contributed by atoms with Gasteiger partial charge in [0.15, 0.2) is 0 Å². The van der Waals surface area contributed by atoms with Crippen LogP contribution in [0.15, 0.2) is 23.1 Å². The summed E-state index contributed by atoms with van der Waals surface area (Å²) < 4.78 is 0. The molecule has 0 atom stereocenters. The molecule has 0 radical (unpaired) electrons. The standard InChI is InChI=1S/C12H18N2S/c1-13-9-14(2)11-5-6-12-10(8-11)4-3-7-15-12/h5-6,8,13H,3-4,7,9H2,1-2H3. The first-order valence-electron chi connectivity index (χ1n) is 5.42. The van der Waals surface area contributed by atoms with Crippen LogP contribution in [0.1, 0.15) is 12.0 Å². The molecule has 15 heavy (non-hydrogen) atoms. The van der Waals surface area contributed by atoms with E-state index in [1.54, 1.807) is 0 Å². The van der Waals surface area contributed by atoms with Gasteiger partial charge in [-0.25, -0.2) is 0 Å². The van der Waals surface area contributed by atoms with Gasteiger partial charge in [0.05, 0.1) is 6.67 Å². The van der Waals surface area contributed by atoms with Gasteiger partial charge in [-0.15, -0.1) is 11.8 Å². The Balaban J connectivity index is 2.20. The zero-order valence-corrected chi connectivity index (χ0v) is 10.2. The Morgan fingerprint density at radius 2 is 2.33 bits per heavy atom. The zero-order valence-electron chi connectivity index (χ0n) is 9.42. The molecular weight excluding hydrogens is 204 g/mol. The van der Waals surface area contributed by atoms with Crippen molar-refractivity contribution < 1.29 is 0 Å². The van der Waals surface area contributed by atoms with Gasteiger partial charge in [-0.1, -0.05) is 0 Å². The molecule has 1 aliphatic heterocycles. The fraction of sp³-hybridized carbons (Fsp3) is 0.500. The number of aryl methyl sites for hydroxylation is 1. The third kappa shape index (κ3) is 2.47. The highest BCUT2D eigenvalue weighted by Gasteiger charge is 2.10. The van der Waals surface area contributed by atoms with Crippen molar-refractivity contribution in [3.8, 4) is 0 Å². The minimum Gasteiger partial charge on any atom is -0.362 e. The Hall–Kier alpha value is -0.670. The van der Waals surface area contributed by atoms with Crippen LogP contribution in [0, 0.1) is 0 Å². The quantitative estimate of drug-likeness (QED) is 0.790. The number of thioether (sulfide) groups is 1. The third-order valence-corrected chi connectivity index (χ3v) is 3.93. The molecule has 2 nitrogen and oxygen atoms in total. The average Bonchev–Trinajstić information content (AvgIpc) is 2.29. The van der Waals surface area contributed by atoms with Crippen molar-refractivity contribution in [3.63, 3.8) is 0 Å². The Morgan fingerprint density at radius 3 is 3.13 bits per heavy atom. The third-order valence-electron chi connectivity index (χ3n) is 2.73. The minimum absolute atomic E-state index is 0.895. The number of fused-ring (bicyclic) bond motifs is 1. The summed E-state index contributed by atoms with van der Waals surface area (Å²) >= 11 is 1.99. The molecule has 0 spiro atoms. The van der Waals surface area contributed by atoms with Crippen LogP contribution in [0.4, 0.5) is 5.69 Å². The molecule has 0 saturated heterocycles. The number of benzene rings is 1. The topological polar surface area (TPSA) is 15.3 Å². The van der Waals surface area contributed by atoms with Gasteiger partial charge in [0.1, 0.15) is 0 Å². The van der Waals surface area contributed by atoms with Crippen LogP contribution in [0.25, 0.3) is 0 Å². The lowest BCUT2D eigenvalue weighted by Gasteiger charge is -2.22. The second-order valence-corrected chi connectivity index (χ2v) is 5.09. The normalized spacial score (nSPS) is 14.8. The molecule has 3 heteroatoms. The van der Waals surface area contributed by atoms with Crippen LogP contribution in [0.5, 0.6) is 0 Å². The number of nitrogens with one attached hydrogen (secondary N) is 1. The minimum atomic E-state index is 0.895. The van der Waals surface area contributed by atoms with Gasteiger partial charge in [0.25, 0.3) is 0 Å². The molecule has 2 rings (SSSR count). The lowest BCUT2D eigenvalue weighted by Crippen LogP contribution is -2.28. The fourth-order valence-corrected chi connectivity index (χ4v) is 2.93. The molecule has 0 unspecified atom stereocenters. The van der Waals surface area contributed by atoms with Gasteiger partial charge in [0, 0.05) is 17.6 Å². The van der Waals surface area contributed by atoms with E-state index in [4.69, 9.17) is 0 Å². The molecule has 1 heterocycles. The molecule has 0 aliphatic carbocycles. The van der Waals surface area contributed by atoms with Crippen molar-refractivity contribution in [1.82, 2.24) is 5.32 Å². The zero-order chi connectivity index (χ0) is 10.7. The second-order valence-electron chi connectivity index (χ2n) is 3.95. The second kappa shape index (κ2) is 4.90. The Kier molecular flexibility index (Phi) is 3.54. The molecule has 1 N–H and O–H groups in total. The van der Waals surface area contributed by atoms with Crippen LogP contribution < -0.4 is 10.2 Å². The van der Waals surface area contributed by atoms with Crippen LogP contribution in [0.3, 0.4) is 0 Å². The van der Waals surface area contributed by atoms with Gasteiger partial charge in [-0.3, -0.25) is 0 Å². The molecule has 82 valence electrons. The molecule has 1 aromatic carbocycles. The molecule has 0 fully saturated rings. The molecule has 1 aromatic rings. The molecule has 0 bridgehead atoms. The average molecular weight is 222 g/mol. The highest BCUT2D eigenvalue weighted by molar-refractivity contribution is 7.99. The van der Waals surface area contributed by atoms with E-state index in [0.717, 1.165) is 6.67 Å². The molecular formula is C12H18N2S. The Labute approximate surface area is 96.0 Å². The monoisotopic (exact) mass is 222 g/mol. The molecule has 0 aromatic heterocycles. The Bertz CT molecular complexity index is 338. The fourth-order valence-electron chi connectivity index (χ4n) is 1.91. The first-order chi connectivity index (χ1) is 7.31. The lowest BCUT2D eigenvalue weighted by atomic mass is 10.1. The SMILES string of the molecule is CNCN(C)c1ccc2c(c1)CCCS2. The summed E-state index contributed by atoms with van der Waals surface area (Å²) in [7, 11) is 4.10. The largest absolute Gasteiger partial charge is 0.362 e. The van der Waals surface area contributed by atoms with Crippen molar-refractivity contribution in [1.29, 1.82) is 0 Å². The van der Waals surface area contributed by atoms with Gasteiger partial charge < -0.3 is 10.2 Å². The molecule has 1 aliphatic rings. The van der Waals surface area contributed by atoms with Gasteiger partial charge >= 0.3 is 0 Å². The van der Waals surface area contributed by atoms with E-state index in [1.807, 2.05) is 18.8 Å². The predicted octanol–water partition coefficient (Wildman–Crippen LogP) is 2.34. The van der Waals surface area contributed by atoms with Crippen LogP contribution in [0.2, 0.25) is 0 Å². The van der Waals surface area contributed by atoms with E-state index in [-0.39, 0.29) is 0 Å². The summed E-state index contributed by atoms with van der Waals surface area (Å²) in [6.07, 6.45) is 2.56. The lowest BCUT2D eigenvalue weighted by molar-refractivity contribution is 0.774. The summed E-state index contributed by atoms with van der Waals surface area (Å²) in [6, 6.07) is 6.81. The van der Waals surface area contributed by atoms with Crippen molar-refractivity contribution in [2.45, 2.75) is 17.7 Å². The van der Waals surface area contributed by atoms with E-state index < -0.39 is 0 Å². The van der Waals surface area contributed by atoms with Gasteiger partial charge in [-0.05, 0) is 49.4 Å². The smallest absolute Gasteiger partial charge is 0.0676 e. The summed E-state index contributed by atoms with van der Waals surface area (Å²) in [5.74, 6) is 1.28. The van der Waals surface area contributed by atoms with E-state index in [2.05, 4.69) is 35.5 Å². The molecule has 0 amide bonds. The van der Waals surface area contributed by atoms with Crippen molar-refractivity contribution in [3.05, 3.63) is 23.8 Å². The van der Waals surface area contributed by atoms with Crippen molar-refractivity contribution in [2.75, 3.05) is 31.4 Å². The number of nitrogens with zero attached hydrogens (tertiary/aromatic N) is 1. The highest BCUT2D eigenvalue weighted by Crippen LogP contribution is 2.32. The van der Waals surface area contributed by atoms with Crippen molar-refractivity contribution in [2.24, 2.45) is 0 Å². The van der Waals surface area contributed by atoms with Crippen LogP contribution in [-0.4, -0.2) is 26.5 Å². The number of hydrogen-bond donors (Lipinski definition) is 1. The predicted molar refractivity (Wildman–Crippen MR) is 67.8 cm³/mol. The van der Waals surface area contributed by atoms with Crippen molar-refractivity contribution >= 4 is 17.4 Å². The van der Waals surface area contributed by atoms with Gasteiger partial charge in [-0.2, -0.15) is 0 Å². The summed E-state index contributed by atoms with van der Waals surface area (Å²) in [5.41, 5.74) is 2.83. The van der Waals surface area contributed by atoms with E-state index >= 15 is 0 Å². The van der Waals surface area contributed by atoms with Crippen LogP contribution in [-0.2, 0) is 6.42 Å². The first-order valence-corrected chi connectivity index (χ1v) is 6.41. The van der Waals surface area contributed by atoms with E-state index in [1.165, 1.54) is 34.7 Å². The maximum Gasteiger partial charge on any atom is 0.0676 e. The summed E-state index contributed by atoms with van der Waals surface area (Å²) in [5, 5.41) is 3.17. The molecule has 0 saturated carbocycles. The number of rotatable bonds is 3. The summed E-state index contributed by atoms with van der Waals surface area (Å²) in [6.45, 7) is 0.895. The van der Waals surface area contributed by atoms with E-state index in [9.17, 15) is 0 Å². The maximum atomic E-state index is 3.17. The maximum absolute atomic E-state index is 3.17. The van der Waals surface area contributed by atoms with Crippen LogP contribution >= 0.6 is 11.8 Å². The first kappa shape index (κ1) is 10.8. The number of hydrogen-bond acceptors (Lipinski definition) is 3. The Morgan fingerprint density at radius 1 is 1.47 bits per heavy atom. The summed E-state index contributed by atoms with van der Waals surface area (Å²) in [4.78, 5) is 3.71. The number of anilines is 1.